The van der Waals surface area contributed by atoms with Gasteiger partial charge in [0, 0.05) is 60.2 Å². The number of nitrogens with one attached hydrogen (secondary N) is 1. The Bertz CT molecular complexity index is 1300. The van der Waals surface area contributed by atoms with E-state index in [1.165, 1.54) is 4.90 Å². The number of hydrogen-bond donors (Lipinski definition) is 1. The molecule has 1 aliphatic rings. The van der Waals surface area contributed by atoms with Gasteiger partial charge < -0.3 is 24.8 Å². The molecule has 1 saturated heterocycles. The third-order valence-electron chi connectivity index (χ3n) is 6.48. The zero-order valence-electron chi connectivity index (χ0n) is 21.8. The second kappa shape index (κ2) is 13.0. The van der Waals surface area contributed by atoms with Gasteiger partial charge in [0.15, 0.2) is 0 Å². The number of rotatable bonds is 9. The van der Waals surface area contributed by atoms with Crippen molar-refractivity contribution in [2.75, 3.05) is 56.6 Å². The smallest absolute Gasteiger partial charge is 0.254 e. The van der Waals surface area contributed by atoms with Crippen molar-refractivity contribution in [3.63, 3.8) is 0 Å². The number of amides is 3. The molecule has 0 bridgehead atoms. The van der Waals surface area contributed by atoms with Crippen molar-refractivity contribution in [1.82, 2.24) is 9.80 Å². The molecule has 0 saturated carbocycles. The second-order valence-electron chi connectivity index (χ2n) is 9.08. The molecule has 0 aliphatic carbocycles. The minimum atomic E-state index is -0.308. The average Bonchev–Trinajstić information content (AvgIpc) is 2.97. The van der Waals surface area contributed by atoms with Gasteiger partial charge in [0.1, 0.15) is 12.3 Å². The lowest BCUT2D eigenvalue weighted by molar-refractivity contribution is -0.116. The molecule has 9 heteroatoms. The number of hydrogen-bond acceptors (Lipinski definition) is 5. The normalized spacial score (nSPS) is 13.0. The van der Waals surface area contributed by atoms with E-state index >= 15 is 0 Å². The van der Waals surface area contributed by atoms with Crippen LogP contribution in [0.4, 0.5) is 11.4 Å². The van der Waals surface area contributed by atoms with E-state index in [4.69, 9.17) is 16.3 Å². The summed E-state index contributed by atoms with van der Waals surface area (Å²) in [6.45, 7) is 6.46. The first-order valence-corrected chi connectivity index (χ1v) is 13.0. The van der Waals surface area contributed by atoms with Crippen molar-refractivity contribution >= 4 is 40.7 Å². The van der Waals surface area contributed by atoms with Crippen molar-refractivity contribution in [1.29, 1.82) is 0 Å². The molecule has 1 fully saturated rings. The van der Waals surface area contributed by atoms with Crippen molar-refractivity contribution in [3.05, 3.63) is 102 Å². The molecule has 0 atom stereocenters. The first-order valence-electron chi connectivity index (χ1n) is 12.6. The van der Waals surface area contributed by atoms with E-state index in [1.807, 2.05) is 29.2 Å². The summed E-state index contributed by atoms with van der Waals surface area (Å²) in [4.78, 5) is 43.9. The van der Waals surface area contributed by atoms with E-state index in [0.717, 1.165) is 11.4 Å². The molecule has 39 heavy (non-hydrogen) atoms. The highest BCUT2D eigenvalue weighted by Crippen LogP contribution is 2.21. The molecule has 1 heterocycles. The monoisotopic (exact) mass is 546 g/mol. The number of carbonyl (C=O) groups is 3. The fraction of sp³-hybridized carbons (Fsp3) is 0.233. The highest BCUT2D eigenvalue weighted by atomic mass is 35.5. The van der Waals surface area contributed by atoms with Crippen LogP contribution in [0.15, 0.2) is 85.5 Å². The number of carbonyl (C=O) groups excluding carboxylic acids is 3. The number of benzene rings is 3. The van der Waals surface area contributed by atoms with Gasteiger partial charge in [0.2, 0.25) is 5.91 Å². The molecule has 3 amide bonds. The summed E-state index contributed by atoms with van der Waals surface area (Å²) in [7, 11) is 1.60. The summed E-state index contributed by atoms with van der Waals surface area (Å²) < 4.78 is 5.17. The van der Waals surface area contributed by atoms with Gasteiger partial charge in [0.05, 0.1) is 7.11 Å². The van der Waals surface area contributed by atoms with Gasteiger partial charge in [-0.1, -0.05) is 17.7 Å². The fourth-order valence-electron chi connectivity index (χ4n) is 4.36. The molecule has 1 N–H and O–H groups in total. The zero-order chi connectivity index (χ0) is 27.8. The molecule has 1 aliphatic heterocycles. The van der Waals surface area contributed by atoms with Crippen molar-refractivity contribution in [2.24, 2.45) is 0 Å². The summed E-state index contributed by atoms with van der Waals surface area (Å²) >= 11 is 5.92. The van der Waals surface area contributed by atoms with Crippen molar-refractivity contribution in [3.8, 4) is 5.75 Å². The SMILES string of the molecule is C=CCN(CC(=O)Nc1ccc(N2CCN(C(=O)c3ccc(OC)cc3)CC2)cc1)C(=O)c1ccc(Cl)cc1. The molecule has 3 aromatic carbocycles. The highest BCUT2D eigenvalue weighted by molar-refractivity contribution is 6.30. The lowest BCUT2D eigenvalue weighted by Crippen LogP contribution is -2.48. The summed E-state index contributed by atoms with van der Waals surface area (Å²) in [6, 6.07) is 21.2. The van der Waals surface area contributed by atoms with Crippen LogP contribution in [-0.4, -0.2) is 73.9 Å². The number of ether oxygens (including phenoxy) is 1. The van der Waals surface area contributed by atoms with Gasteiger partial charge >= 0.3 is 0 Å². The Balaban J connectivity index is 1.29. The van der Waals surface area contributed by atoms with Crippen LogP contribution in [-0.2, 0) is 4.79 Å². The molecule has 0 aromatic heterocycles. The predicted molar refractivity (Wildman–Crippen MR) is 154 cm³/mol. The molecule has 0 spiro atoms. The molecule has 202 valence electrons. The van der Waals surface area contributed by atoms with Gasteiger partial charge in [-0.3, -0.25) is 14.4 Å². The quantitative estimate of drug-likeness (QED) is 0.397. The number of methoxy groups -OCH3 is 1. The third-order valence-corrected chi connectivity index (χ3v) is 6.73. The van der Waals surface area contributed by atoms with E-state index in [0.29, 0.717) is 48.0 Å². The lowest BCUT2D eigenvalue weighted by Gasteiger charge is -2.36. The molecule has 8 nitrogen and oxygen atoms in total. The van der Waals surface area contributed by atoms with Gasteiger partial charge in [-0.05, 0) is 72.8 Å². The summed E-state index contributed by atoms with van der Waals surface area (Å²) in [6.07, 6.45) is 1.58. The number of piperazine rings is 1. The van der Waals surface area contributed by atoms with Gasteiger partial charge in [-0.25, -0.2) is 0 Å². The Kier molecular flexibility index (Phi) is 9.22. The minimum absolute atomic E-state index is 0.00963. The van der Waals surface area contributed by atoms with E-state index in [-0.39, 0.29) is 30.8 Å². The van der Waals surface area contributed by atoms with E-state index in [1.54, 1.807) is 61.7 Å². The summed E-state index contributed by atoms with van der Waals surface area (Å²) in [5.41, 5.74) is 2.74. The Morgan fingerprint density at radius 1 is 0.923 bits per heavy atom. The Hall–Kier alpha value is -4.30. The van der Waals surface area contributed by atoms with Crippen LogP contribution in [0, 0.1) is 0 Å². The van der Waals surface area contributed by atoms with Crippen LogP contribution >= 0.6 is 11.6 Å². The summed E-state index contributed by atoms with van der Waals surface area (Å²) in [5, 5.41) is 3.39. The second-order valence-corrected chi connectivity index (χ2v) is 9.52. The summed E-state index contributed by atoms with van der Waals surface area (Å²) in [5.74, 6) is 0.145. The van der Waals surface area contributed by atoms with Crippen LogP contribution in [0.2, 0.25) is 5.02 Å². The largest absolute Gasteiger partial charge is 0.497 e. The van der Waals surface area contributed by atoms with Gasteiger partial charge in [-0.2, -0.15) is 0 Å². The Morgan fingerprint density at radius 3 is 2.13 bits per heavy atom. The van der Waals surface area contributed by atoms with E-state index in [9.17, 15) is 14.4 Å². The maximum Gasteiger partial charge on any atom is 0.254 e. The van der Waals surface area contributed by atoms with Crippen molar-refractivity contribution in [2.45, 2.75) is 0 Å². The first-order chi connectivity index (χ1) is 18.9. The van der Waals surface area contributed by atoms with Crippen LogP contribution in [0.5, 0.6) is 5.75 Å². The van der Waals surface area contributed by atoms with Gasteiger partial charge in [0.25, 0.3) is 11.8 Å². The average molecular weight is 547 g/mol. The van der Waals surface area contributed by atoms with E-state index in [2.05, 4.69) is 16.8 Å². The van der Waals surface area contributed by atoms with Gasteiger partial charge in [-0.15, -0.1) is 6.58 Å². The molecule has 3 aromatic rings. The first kappa shape index (κ1) is 27.7. The Morgan fingerprint density at radius 2 is 1.54 bits per heavy atom. The highest BCUT2D eigenvalue weighted by Gasteiger charge is 2.23. The van der Waals surface area contributed by atoms with Crippen LogP contribution in [0.3, 0.4) is 0 Å². The minimum Gasteiger partial charge on any atom is -0.497 e. The number of nitrogens with zero attached hydrogens (tertiary/aromatic N) is 3. The molecular formula is C30H31ClN4O4. The Labute approximate surface area is 233 Å². The molecular weight excluding hydrogens is 516 g/mol. The molecule has 0 radical (unpaired) electrons. The molecule has 0 unspecified atom stereocenters. The number of halogens is 1. The third kappa shape index (κ3) is 7.18. The maximum atomic E-state index is 12.8. The topological polar surface area (TPSA) is 82.2 Å². The fourth-order valence-corrected chi connectivity index (χ4v) is 4.49. The molecule has 4 rings (SSSR count). The van der Waals surface area contributed by atoms with Crippen LogP contribution in [0.25, 0.3) is 0 Å². The van der Waals surface area contributed by atoms with Crippen molar-refractivity contribution < 1.29 is 19.1 Å². The number of anilines is 2. The standard InChI is InChI=1S/C30H31ClN4O4/c1-3-16-35(30(38)22-4-8-24(31)9-5-22)21-28(36)32-25-10-12-26(13-11-25)33-17-19-34(20-18-33)29(37)23-6-14-27(39-2)15-7-23/h3-15H,1,16-21H2,2H3,(H,32,36). The van der Waals surface area contributed by atoms with E-state index < -0.39 is 0 Å². The maximum absolute atomic E-state index is 12.8. The predicted octanol–water partition coefficient (Wildman–Crippen LogP) is 4.58. The lowest BCUT2D eigenvalue weighted by atomic mass is 10.1. The van der Waals surface area contributed by atoms with Crippen LogP contribution < -0.4 is 15.0 Å². The van der Waals surface area contributed by atoms with Crippen LogP contribution in [0.1, 0.15) is 20.7 Å². The zero-order valence-corrected chi connectivity index (χ0v) is 22.6.